The molecule has 9 heteroatoms. The number of aliphatic hydroxyl groups excluding tert-OH is 1. The summed E-state index contributed by atoms with van der Waals surface area (Å²) in [4.78, 5) is 6.52. The van der Waals surface area contributed by atoms with Crippen molar-refractivity contribution < 1.29 is 18.3 Å². The fourth-order valence-electron chi connectivity index (χ4n) is 3.50. The van der Waals surface area contributed by atoms with Gasteiger partial charge < -0.3 is 15.7 Å². The number of nitrogens with zero attached hydrogens (tertiary/aromatic N) is 2. The van der Waals surface area contributed by atoms with E-state index in [1.165, 1.54) is 17.7 Å². The second-order valence-electron chi connectivity index (χ2n) is 7.80. The van der Waals surface area contributed by atoms with Gasteiger partial charge in [-0.25, -0.2) is 0 Å². The Labute approximate surface area is 204 Å². The van der Waals surface area contributed by atoms with E-state index in [4.69, 9.17) is 0 Å². The van der Waals surface area contributed by atoms with E-state index < -0.39 is 11.7 Å². The first-order chi connectivity index (χ1) is 14.8. The number of nitrogens with one attached hydrogen (secondary N) is 2. The number of likely N-dealkylation sites (tertiary alicyclic amines) is 1. The van der Waals surface area contributed by atoms with E-state index in [1.54, 1.807) is 7.05 Å². The molecule has 0 aliphatic carbocycles. The summed E-state index contributed by atoms with van der Waals surface area (Å²) in [5, 5.41) is 15.9. The van der Waals surface area contributed by atoms with Crippen LogP contribution < -0.4 is 10.6 Å². The molecule has 5 nitrogen and oxygen atoms in total. The Morgan fingerprint density at radius 3 is 1.88 bits per heavy atom. The van der Waals surface area contributed by atoms with Crippen LogP contribution in [0.5, 0.6) is 0 Å². The van der Waals surface area contributed by atoms with Crippen molar-refractivity contribution in [3.63, 3.8) is 0 Å². The van der Waals surface area contributed by atoms with E-state index in [9.17, 15) is 18.3 Å². The number of aliphatic imine (C=N–C) groups is 1. The second-order valence-corrected chi connectivity index (χ2v) is 7.80. The molecule has 1 fully saturated rings. The van der Waals surface area contributed by atoms with Crippen molar-refractivity contribution in [3.8, 4) is 0 Å². The van der Waals surface area contributed by atoms with Gasteiger partial charge in [0.15, 0.2) is 5.96 Å². The monoisotopic (exact) mass is 562 g/mol. The van der Waals surface area contributed by atoms with Crippen LogP contribution in [0.4, 0.5) is 13.2 Å². The largest absolute Gasteiger partial charge is 0.416 e. The standard InChI is InChI=1S/C23H29F3N4O.HI/c1-27-22(29-15-18-6-8-20(9-7-18)23(24,25)26)28-14-17-2-4-19(5-3-17)16-30-12-10-21(31)11-13-30;/h2-9,21,31H,10-16H2,1H3,(H2,27,28,29);1H. The van der Waals surface area contributed by atoms with Gasteiger partial charge in [-0.2, -0.15) is 13.2 Å². The summed E-state index contributed by atoms with van der Waals surface area (Å²) in [5.41, 5.74) is 2.44. The molecular formula is C23H30F3IN4O. The minimum absolute atomic E-state index is 0. The summed E-state index contributed by atoms with van der Waals surface area (Å²) >= 11 is 0. The van der Waals surface area contributed by atoms with Crippen molar-refractivity contribution in [2.75, 3.05) is 20.1 Å². The van der Waals surface area contributed by atoms with Crippen LogP contribution in [0.2, 0.25) is 0 Å². The molecule has 1 aliphatic heterocycles. The first-order valence-electron chi connectivity index (χ1n) is 10.4. The predicted molar refractivity (Wildman–Crippen MR) is 131 cm³/mol. The lowest BCUT2D eigenvalue weighted by atomic mass is 10.1. The number of benzene rings is 2. The summed E-state index contributed by atoms with van der Waals surface area (Å²) in [7, 11) is 1.65. The van der Waals surface area contributed by atoms with Gasteiger partial charge in [0.1, 0.15) is 0 Å². The summed E-state index contributed by atoms with van der Waals surface area (Å²) in [6.45, 7) is 3.69. The summed E-state index contributed by atoms with van der Waals surface area (Å²) < 4.78 is 38.0. The van der Waals surface area contributed by atoms with Crippen LogP contribution in [0.15, 0.2) is 53.5 Å². The van der Waals surface area contributed by atoms with Crippen molar-refractivity contribution in [3.05, 3.63) is 70.8 Å². The van der Waals surface area contributed by atoms with Crippen LogP contribution in [0, 0.1) is 0 Å². The molecule has 0 spiro atoms. The molecule has 0 unspecified atom stereocenters. The number of hydrogen-bond donors (Lipinski definition) is 3. The zero-order chi connectivity index (χ0) is 22.3. The Hall–Kier alpha value is -1.85. The number of guanidine groups is 1. The Kier molecular flexibility index (Phi) is 10.2. The quantitative estimate of drug-likeness (QED) is 0.282. The molecule has 0 radical (unpaired) electrons. The third-order valence-corrected chi connectivity index (χ3v) is 5.41. The number of aliphatic hydroxyl groups is 1. The highest BCUT2D eigenvalue weighted by Crippen LogP contribution is 2.29. The van der Waals surface area contributed by atoms with Crippen molar-refractivity contribution in [2.24, 2.45) is 4.99 Å². The Morgan fingerprint density at radius 1 is 0.938 bits per heavy atom. The van der Waals surface area contributed by atoms with Gasteiger partial charge in [0.25, 0.3) is 0 Å². The fraction of sp³-hybridized carbons (Fsp3) is 0.435. The zero-order valence-corrected chi connectivity index (χ0v) is 20.4. The maximum absolute atomic E-state index is 12.7. The zero-order valence-electron chi connectivity index (χ0n) is 18.0. The Bertz CT molecular complexity index is 849. The van der Waals surface area contributed by atoms with E-state index in [1.807, 2.05) is 0 Å². The molecule has 0 atom stereocenters. The van der Waals surface area contributed by atoms with Crippen LogP contribution in [-0.2, 0) is 25.8 Å². The van der Waals surface area contributed by atoms with Crippen LogP contribution >= 0.6 is 24.0 Å². The maximum atomic E-state index is 12.7. The average molecular weight is 562 g/mol. The number of hydrogen-bond acceptors (Lipinski definition) is 3. The molecule has 0 aromatic heterocycles. The lowest BCUT2D eigenvalue weighted by Gasteiger charge is -2.29. The predicted octanol–water partition coefficient (Wildman–Crippen LogP) is 4.15. The van der Waals surface area contributed by atoms with Gasteiger partial charge in [0.05, 0.1) is 11.7 Å². The number of halogens is 4. The van der Waals surface area contributed by atoms with Gasteiger partial charge in [-0.3, -0.25) is 9.89 Å². The minimum atomic E-state index is -4.32. The number of alkyl halides is 3. The van der Waals surface area contributed by atoms with Crippen molar-refractivity contribution >= 4 is 29.9 Å². The molecule has 176 valence electrons. The van der Waals surface area contributed by atoms with E-state index in [-0.39, 0.29) is 30.1 Å². The molecule has 0 amide bonds. The molecule has 2 aromatic rings. The lowest BCUT2D eigenvalue weighted by molar-refractivity contribution is -0.137. The SMILES string of the molecule is CN=C(NCc1ccc(CN2CCC(O)CC2)cc1)NCc1ccc(C(F)(F)F)cc1.I. The third-order valence-electron chi connectivity index (χ3n) is 5.41. The van der Waals surface area contributed by atoms with Gasteiger partial charge in [-0.15, -0.1) is 24.0 Å². The van der Waals surface area contributed by atoms with Gasteiger partial charge >= 0.3 is 6.18 Å². The van der Waals surface area contributed by atoms with Crippen molar-refractivity contribution in [1.29, 1.82) is 0 Å². The molecule has 2 aromatic carbocycles. The molecule has 1 aliphatic rings. The first-order valence-corrected chi connectivity index (χ1v) is 10.4. The highest BCUT2D eigenvalue weighted by molar-refractivity contribution is 14.0. The highest BCUT2D eigenvalue weighted by Gasteiger charge is 2.29. The smallest absolute Gasteiger partial charge is 0.393 e. The van der Waals surface area contributed by atoms with E-state index in [0.29, 0.717) is 19.0 Å². The normalized spacial score (nSPS) is 15.8. The number of piperidine rings is 1. The van der Waals surface area contributed by atoms with Crippen LogP contribution in [0.1, 0.15) is 35.1 Å². The van der Waals surface area contributed by atoms with E-state index in [0.717, 1.165) is 55.7 Å². The summed E-state index contributed by atoms with van der Waals surface area (Å²) in [6, 6.07) is 13.5. The Morgan fingerprint density at radius 2 is 1.41 bits per heavy atom. The molecular weight excluding hydrogens is 532 g/mol. The first kappa shape index (κ1) is 26.4. The van der Waals surface area contributed by atoms with Crippen molar-refractivity contribution in [1.82, 2.24) is 15.5 Å². The molecule has 3 N–H and O–H groups in total. The Balaban J connectivity index is 0.00000363. The molecule has 0 saturated carbocycles. The molecule has 1 saturated heterocycles. The maximum Gasteiger partial charge on any atom is 0.416 e. The third kappa shape index (κ3) is 8.25. The summed E-state index contributed by atoms with van der Waals surface area (Å²) in [6.07, 6.45) is -2.82. The van der Waals surface area contributed by atoms with Gasteiger partial charge in [0.2, 0.25) is 0 Å². The summed E-state index contributed by atoms with van der Waals surface area (Å²) in [5.74, 6) is 0.579. The average Bonchev–Trinajstić information content (AvgIpc) is 2.76. The minimum Gasteiger partial charge on any atom is -0.393 e. The van der Waals surface area contributed by atoms with Gasteiger partial charge in [-0.1, -0.05) is 36.4 Å². The van der Waals surface area contributed by atoms with Crippen LogP contribution in [0.25, 0.3) is 0 Å². The van der Waals surface area contributed by atoms with E-state index >= 15 is 0 Å². The number of rotatable bonds is 6. The molecule has 32 heavy (non-hydrogen) atoms. The van der Waals surface area contributed by atoms with Crippen LogP contribution in [0.3, 0.4) is 0 Å². The highest BCUT2D eigenvalue weighted by atomic mass is 127. The molecule has 0 bridgehead atoms. The molecule has 1 heterocycles. The van der Waals surface area contributed by atoms with Crippen molar-refractivity contribution in [2.45, 2.75) is 44.8 Å². The second kappa shape index (κ2) is 12.4. The topological polar surface area (TPSA) is 59.9 Å². The van der Waals surface area contributed by atoms with E-state index in [2.05, 4.69) is 44.8 Å². The van der Waals surface area contributed by atoms with Crippen LogP contribution in [-0.4, -0.2) is 42.2 Å². The van der Waals surface area contributed by atoms with Gasteiger partial charge in [-0.05, 0) is 41.7 Å². The lowest BCUT2D eigenvalue weighted by Crippen LogP contribution is -2.36. The fourth-order valence-corrected chi connectivity index (χ4v) is 3.50. The molecule has 3 rings (SSSR count). The van der Waals surface area contributed by atoms with Gasteiger partial charge in [0, 0.05) is 39.8 Å².